The minimum Gasteiger partial charge on any atom is -0.370 e. The zero-order valence-corrected chi connectivity index (χ0v) is 16.6. The number of nitrogens with one attached hydrogen (secondary N) is 2. The van der Waals surface area contributed by atoms with Crippen LogP contribution in [0.3, 0.4) is 0 Å². The smallest absolute Gasteiger partial charge is 0.275 e. The van der Waals surface area contributed by atoms with Crippen molar-refractivity contribution < 1.29 is 24.1 Å². The molecule has 28 heavy (non-hydrogen) atoms. The van der Waals surface area contributed by atoms with Crippen LogP contribution in [0.4, 0.5) is 4.39 Å². The molecule has 150 valence electrons. The Morgan fingerprint density at radius 2 is 1.89 bits per heavy atom. The number of hydrogen-bond acceptors (Lipinski definition) is 2. The first-order valence-corrected chi connectivity index (χ1v) is 10.0. The molecule has 0 radical (unpaired) electrons. The number of ether oxygens (including phenoxy) is 1. The third-order valence-corrected chi connectivity index (χ3v) is 5.43. The van der Waals surface area contributed by atoms with Gasteiger partial charge in [-0.3, -0.25) is 4.79 Å². The van der Waals surface area contributed by atoms with E-state index in [4.69, 9.17) is 16.3 Å². The van der Waals surface area contributed by atoms with Crippen molar-refractivity contribution in [3.8, 4) is 0 Å². The Morgan fingerprint density at radius 3 is 2.61 bits per heavy atom. The summed E-state index contributed by atoms with van der Waals surface area (Å²) in [5.41, 5.74) is 1.99. The number of hydrogen-bond donors (Lipinski definition) is 3. The molecule has 0 saturated carbocycles. The lowest BCUT2D eigenvalue weighted by atomic mass is 10.0. The molecule has 1 heterocycles. The number of carbonyl (C=O) groups excluding carboxylic acids is 1. The molecular formula is C21H27ClFN3O2+2. The van der Waals surface area contributed by atoms with Crippen molar-refractivity contribution in [3.05, 3.63) is 70.5 Å². The van der Waals surface area contributed by atoms with Gasteiger partial charge in [-0.25, -0.2) is 4.39 Å². The highest BCUT2D eigenvalue weighted by Gasteiger charge is 2.28. The SMILES string of the molecule is O=C(C[NH2+]C[C@H](c1ccc(F)cc1)[NH+]1CCOCC1)NCc1ccccc1Cl. The quantitative estimate of drug-likeness (QED) is 0.590. The molecule has 4 N–H and O–H groups in total. The molecular weight excluding hydrogens is 381 g/mol. The highest BCUT2D eigenvalue weighted by molar-refractivity contribution is 6.31. The normalized spacial score (nSPS) is 15.9. The van der Waals surface area contributed by atoms with Crippen LogP contribution in [0.1, 0.15) is 17.2 Å². The summed E-state index contributed by atoms with van der Waals surface area (Å²) >= 11 is 6.12. The third-order valence-electron chi connectivity index (χ3n) is 5.07. The molecule has 2 aromatic rings. The van der Waals surface area contributed by atoms with Crippen LogP contribution in [0.15, 0.2) is 48.5 Å². The second-order valence-corrected chi connectivity index (χ2v) is 7.38. The number of amides is 1. The maximum Gasteiger partial charge on any atom is 0.275 e. The van der Waals surface area contributed by atoms with Gasteiger partial charge in [-0.1, -0.05) is 29.8 Å². The van der Waals surface area contributed by atoms with Crippen LogP contribution in [-0.2, 0) is 16.1 Å². The zero-order valence-electron chi connectivity index (χ0n) is 15.8. The third kappa shape index (κ3) is 6.01. The van der Waals surface area contributed by atoms with Crippen LogP contribution >= 0.6 is 11.6 Å². The van der Waals surface area contributed by atoms with Crippen molar-refractivity contribution in [2.75, 3.05) is 39.4 Å². The number of nitrogens with two attached hydrogens (primary N) is 1. The van der Waals surface area contributed by atoms with Crippen LogP contribution < -0.4 is 15.5 Å². The van der Waals surface area contributed by atoms with Gasteiger partial charge in [-0.15, -0.1) is 0 Å². The van der Waals surface area contributed by atoms with Crippen molar-refractivity contribution in [2.45, 2.75) is 12.6 Å². The topological polar surface area (TPSA) is 59.4 Å². The molecule has 0 unspecified atom stereocenters. The average molecular weight is 408 g/mol. The number of benzene rings is 2. The van der Waals surface area contributed by atoms with Crippen LogP contribution in [0.5, 0.6) is 0 Å². The summed E-state index contributed by atoms with van der Waals surface area (Å²) in [6, 6.07) is 14.4. The lowest BCUT2D eigenvalue weighted by Crippen LogP contribution is -3.16. The molecule has 1 amide bonds. The Balaban J connectivity index is 1.52. The van der Waals surface area contributed by atoms with Crippen LogP contribution in [0.25, 0.3) is 0 Å². The van der Waals surface area contributed by atoms with Gasteiger partial charge in [0.15, 0.2) is 12.6 Å². The molecule has 1 aliphatic heterocycles. The van der Waals surface area contributed by atoms with E-state index in [1.54, 1.807) is 0 Å². The summed E-state index contributed by atoms with van der Waals surface area (Å²) in [6.07, 6.45) is 0. The van der Waals surface area contributed by atoms with Gasteiger partial charge in [0.2, 0.25) is 0 Å². The van der Waals surface area contributed by atoms with Gasteiger partial charge in [0.25, 0.3) is 5.91 Å². The van der Waals surface area contributed by atoms with E-state index in [0.717, 1.165) is 44.0 Å². The van der Waals surface area contributed by atoms with E-state index >= 15 is 0 Å². The average Bonchev–Trinajstić information content (AvgIpc) is 2.72. The van der Waals surface area contributed by atoms with E-state index in [1.165, 1.54) is 17.0 Å². The molecule has 1 atom stereocenters. The number of quaternary nitrogens is 2. The Hall–Kier alpha value is -1.99. The molecule has 1 aliphatic rings. The minimum atomic E-state index is -0.234. The van der Waals surface area contributed by atoms with Crippen LogP contribution in [0.2, 0.25) is 5.02 Å². The van der Waals surface area contributed by atoms with Gasteiger partial charge >= 0.3 is 0 Å². The molecule has 5 nitrogen and oxygen atoms in total. The first-order valence-electron chi connectivity index (χ1n) is 9.63. The van der Waals surface area contributed by atoms with Gasteiger partial charge in [-0.2, -0.15) is 0 Å². The minimum absolute atomic E-state index is 0.0326. The maximum absolute atomic E-state index is 13.3. The summed E-state index contributed by atoms with van der Waals surface area (Å²) in [5.74, 6) is -0.267. The van der Waals surface area contributed by atoms with Crippen molar-refractivity contribution in [2.24, 2.45) is 0 Å². The molecule has 1 saturated heterocycles. The summed E-state index contributed by atoms with van der Waals surface area (Å²) in [5, 5.41) is 5.57. The molecule has 1 fully saturated rings. The first kappa shape index (κ1) is 20.7. The van der Waals surface area contributed by atoms with Crippen LogP contribution in [-0.4, -0.2) is 45.3 Å². The fourth-order valence-corrected chi connectivity index (χ4v) is 3.71. The van der Waals surface area contributed by atoms with Gasteiger partial charge in [0, 0.05) is 17.1 Å². The first-order chi connectivity index (χ1) is 13.6. The van der Waals surface area contributed by atoms with Crippen molar-refractivity contribution in [3.63, 3.8) is 0 Å². The second-order valence-electron chi connectivity index (χ2n) is 6.97. The Morgan fingerprint density at radius 1 is 1.18 bits per heavy atom. The molecule has 0 aromatic heterocycles. The largest absolute Gasteiger partial charge is 0.370 e. The summed E-state index contributed by atoms with van der Waals surface area (Å²) in [4.78, 5) is 13.6. The van der Waals surface area contributed by atoms with Crippen LogP contribution in [0, 0.1) is 5.82 Å². The molecule has 0 aliphatic carbocycles. The van der Waals surface area contributed by atoms with Crippen molar-refractivity contribution in [1.82, 2.24) is 5.32 Å². The number of carbonyl (C=O) groups is 1. The van der Waals surface area contributed by atoms with E-state index < -0.39 is 0 Å². The maximum atomic E-state index is 13.3. The van der Waals surface area contributed by atoms with Gasteiger partial charge in [0.1, 0.15) is 25.5 Å². The van der Waals surface area contributed by atoms with E-state index in [9.17, 15) is 9.18 Å². The Labute approximate surface area is 169 Å². The van der Waals surface area contributed by atoms with Crippen molar-refractivity contribution >= 4 is 17.5 Å². The van der Waals surface area contributed by atoms with E-state index in [0.29, 0.717) is 18.1 Å². The standard InChI is InChI=1S/C21H25ClFN3O2/c22-19-4-2-1-3-17(19)13-25-21(27)15-24-14-20(26-9-11-28-12-10-26)16-5-7-18(23)8-6-16/h1-8,20,24H,9-15H2,(H,25,27)/p+2/t20-/m1/s1. The Bertz CT molecular complexity index is 767. The van der Waals surface area contributed by atoms with Gasteiger partial charge in [-0.05, 0) is 35.9 Å². The van der Waals surface area contributed by atoms with Gasteiger partial charge in [0.05, 0.1) is 13.2 Å². The second kappa shape index (κ2) is 10.5. The highest BCUT2D eigenvalue weighted by atomic mass is 35.5. The summed E-state index contributed by atoms with van der Waals surface area (Å²) < 4.78 is 18.8. The van der Waals surface area contributed by atoms with Crippen molar-refractivity contribution in [1.29, 1.82) is 0 Å². The van der Waals surface area contributed by atoms with E-state index in [-0.39, 0.29) is 17.8 Å². The molecule has 2 aromatic carbocycles. The predicted molar refractivity (Wildman–Crippen MR) is 106 cm³/mol. The molecule has 0 bridgehead atoms. The van der Waals surface area contributed by atoms with E-state index in [1.807, 2.05) is 41.7 Å². The molecule has 3 rings (SSSR count). The summed E-state index contributed by atoms with van der Waals surface area (Å²) in [6.45, 7) is 4.79. The lowest BCUT2D eigenvalue weighted by molar-refractivity contribution is -0.951. The number of morpholine rings is 1. The zero-order chi connectivity index (χ0) is 19.8. The Kier molecular flexibility index (Phi) is 7.80. The van der Waals surface area contributed by atoms with E-state index in [2.05, 4.69) is 5.32 Å². The molecule has 0 spiro atoms. The monoisotopic (exact) mass is 407 g/mol. The number of halogens is 2. The number of rotatable bonds is 8. The fourth-order valence-electron chi connectivity index (χ4n) is 3.50. The molecule has 7 heteroatoms. The fraction of sp³-hybridized carbons (Fsp3) is 0.381. The predicted octanol–water partition coefficient (Wildman–Crippen LogP) is 0.315. The summed E-state index contributed by atoms with van der Waals surface area (Å²) in [7, 11) is 0. The van der Waals surface area contributed by atoms with Gasteiger partial charge < -0.3 is 20.3 Å². The highest BCUT2D eigenvalue weighted by Crippen LogP contribution is 2.14. The lowest BCUT2D eigenvalue weighted by Gasteiger charge is -2.30.